The van der Waals surface area contributed by atoms with Crippen LogP contribution in [0, 0.1) is 0 Å². The molecule has 4 rings (SSSR count). The standard InChI is InChI=1S/C23H23ClN4O2/c1-27(15-21(29)25-19-11-12-19)23(30)20-14-28(13-16-5-3-2-4-6-16)26-22(20)17-7-9-18(24)10-8-17/h2-10,14,19H,11-13,15H2,1H3,(H,25,29). The lowest BCUT2D eigenvalue weighted by atomic mass is 10.1. The highest BCUT2D eigenvalue weighted by Gasteiger charge is 2.26. The average Bonchev–Trinajstić information content (AvgIpc) is 3.45. The second-order valence-electron chi connectivity index (χ2n) is 7.58. The van der Waals surface area contributed by atoms with E-state index in [9.17, 15) is 9.59 Å². The molecule has 1 heterocycles. The van der Waals surface area contributed by atoms with E-state index in [-0.39, 0.29) is 24.4 Å². The lowest BCUT2D eigenvalue weighted by molar-refractivity contribution is -0.121. The van der Waals surface area contributed by atoms with Gasteiger partial charge in [-0.1, -0.05) is 54.1 Å². The first kappa shape index (κ1) is 20.2. The van der Waals surface area contributed by atoms with Crippen molar-refractivity contribution in [2.75, 3.05) is 13.6 Å². The molecule has 0 radical (unpaired) electrons. The van der Waals surface area contributed by atoms with E-state index in [1.54, 1.807) is 30.1 Å². The summed E-state index contributed by atoms with van der Waals surface area (Å²) in [5.74, 6) is -0.386. The summed E-state index contributed by atoms with van der Waals surface area (Å²) in [5, 5.41) is 8.20. The first-order chi connectivity index (χ1) is 14.5. The Morgan fingerprint density at radius 1 is 1.13 bits per heavy atom. The third kappa shape index (κ3) is 4.89. The van der Waals surface area contributed by atoms with Gasteiger partial charge in [-0.2, -0.15) is 5.10 Å². The highest BCUT2D eigenvalue weighted by molar-refractivity contribution is 6.30. The molecule has 0 spiro atoms. The number of likely N-dealkylation sites (N-methyl/N-ethyl adjacent to an activating group) is 1. The summed E-state index contributed by atoms with van der Waals surface area (Å²) in [5.41, 5.74) is 2.90. The maximum Gasteiger partial charge on any atom is 0.257 e. The molecule has 2 amide bonds. The predicted octanol–water partition coefficient (Wildman–Crippen LogP) is 3.60. The Morgan fingerprint density at radius 3 is 2.50 bits per heavy atom. The number of hydrogen-bond acceptors (Lipinski definition) is 3. The number of nitrogens with zero attached hydrogens (tertiary/aromatic N) is 3. The molecule has 6 nitrogen and oxygen atoms in total. The molecule has 3 aromatic rings. The fraction of sp³-hybridized carbons (Fsp3) is 0.261. The van der Waals surface area contributed by atoms with Gasteiger partial charge in [0.2, 0.25) is 5.91 Å². The quantitative estimate of drug-likeness (QED) is 0.632. The van der Waals surface area contributed by atoms with Gasteiger partial charge in [-0.25, -0.2) is 0 Å². The van der Waals surface area contributed by atoms with Crippen LogP contribution in [0.5, 0.6) is 0 Å². The molecule has 1 fully saturated rings. The zero-order chi connectivity index (χ0) is 21.1. The normalized spacial score (nSPS) is 13.1. The van der Waals surface area contributed by atoms with E-state index in [2.05, 4.69) is 10.4 Å². The molecule has 0 unspecified atom stereocenters. The first-order valence-corrected chi connectivity index (χ1v) is 10.3. The van der Waals surface area contributed by atoms with Crippen molar-refractivity contribution in [1.82, 2.24) is 20.0 Å². The van der Waals surface area contributed by atoms with Crippen LogP contribution >= 0.6 is 11.6 Å². The van der Waals surface area contributed by atoms with Crippen LogP contribution in [0.2, 0.25) is 5.02 Å². The number of amides is 2. The van der Waals surface area contributed by atoms with Crippen LogP contribution in [0.3, 0.4) is 0 Å². The molecule has 0 atom stereocenters. The van der Waals surface area contributed by atoms with E-state index >= 15 is 0 Å². The number of benzene rings is 2. The third-order valence-electron chi connectivity index (χ3n) is 4.97. The van der Waals surface area contributed by atoms with Crippen LogP contribution in [-0.4, -0.2) is 46.1 Å². The van der Waals surface area contributed by atoms with Crippen LogP contribution in [-0.2, 0) is 11.3 Å². The van der Waals surface area contributed by atoms with E-state index in [1.165, 1.54) is 4.90 Å². The van der Waals surface area contributed by atoms with Gasteiger partial charge >= 0.3 is 0 Å². The summed E-state index contributed by atoms with van der Waals surface area (Å²) < 4.78 is 1.75. The molecule has 0 saturated heterocycles. The second kappa shape index (κ2) is 8.71. The van der Waals surface area contributed by atoms with Gasteiger partial charge in [0.05, 0.1) is 18.7 Å². The van der Waals surface area contributed by atoms with Gasteiger partial charge in [-0.15, -0.1) is 0 Å². The number of carbonyl (C=O) groups is 2. The number of nitrogens with one attached hydrogen (secondary N) is 1. The fourth-order valence-corrected chi connectivity index (χ4v) is 3.37. The summed E-state index contributed by atoms with van der Waals surface area (Å²) >= 11 is 6.02. The highest BCUT2D eigenvalue weighted by atomic mass is 35.5. The van der Waals surface area contributed by atoms with Crippen molar-refractivity contribution >= 4 is 23.4 Å². The Hall–Kier alpha value is -3.12. The molecule has 1 aliphatic carbocycles. The van der Waals surface area contributed by atoms with Crippen LogP contribution in [0.15, 0.2) is 60.8 Å². The molecule has 1 N–H and O–H groups in total. The number of hydrogen-bond donors (Lipinski definition) is 1. The molecular weight excluding hydrogens is 400 g/mol. The van der Waals surface area contributed by atoms with E-state index in [4.69, 9.17) is 11.6 Å². The molecule has 30 heavy (non-hydrogen) atoms. The molecular formula is C23H23ClN4O2. The largest absolute Gasteiger partial charge is 0.352 e. The molecule has 2 aromatic carbocycles. The minimum absolute atomic E-state index is 0.0132. The Balaban J connectivity index is 1.60. The molecule has 7 heteroatoms. The average molecular weight is 423 g/mol. The number of rotatable bonds is 7. The molecule has 1 aliphatic rings. The van der Waals surface area contributed by atoms with Gasteiger partial charge in [-0.3, -0.25) is 14.3 Å². The van der Waals surface area contributed by atoms with E-state index < -0.39 is 0 Å². The van der Waals surface area contributed by atoms with Gasteiger partial charge < -0.3 is 10.2 Å². The van der Waals surface area contributed by atoms with Gasteiger partial charge in [0.1, 0.15) is 5.69 Å². The van der Waals surface area contributed by atoms with Gasteiger partial charge in [0.15, 0.2) is 0 Å². The van der Waals surface area contributed by atoms with Crippen molar-refractivity contribution < 1.29 is 9.59 Å². The molecule has 154 valence electrons. The Kier molecular flexibility index (Phi) is 5.86. The van der Waals surface area contributed by atoms with E-state index in [1.807, 2.05) is 42.5 Å². The zero-order valence-corrected chi connectivity index (χ0v) is 17.5. The summed E-state index contributed by atoms with van der Waals surface area (Å²) in [7, 11) is 1.63. The second-order valence-corrected chi connectivity index (χ2v) is 8.02. The smallest absolute Gasteiger partial charge is 0.257 e. The highest BCUT2D eigenvalue weighted by Crippen LogP contribution is 2.25. The Bertz CT molecular complexity index is 1040. The van der Waals surface area contributed by atoms with Crippen molar-refractivity contribution in [2.24, 2.45) is 0 Å². The maximum atomic E-state index is 13.2. The van der Waals surface area contributed by atoms with Crippen molar-refractivity contribution in [3.63, 3.8) is 0 Å². The number of halogens is 1. The number of aromatic nitrogens is 2. The molecule has 0 bridgehead atoms. The first-order valence-electron chi connectivity index (χ1n) is 9.92. The van der Waals surface area contributed by atoms with Gasteiger partial charge in [0, 0.05) is 29.9 Å². The van der Waals surface area contributed by atoms with Crippen molar-refractivity contribution in [3.8, 4) is 11.3 Å². The molecule has 0 aliphatic heterocycles. The summed E-state index contributed by atoms with van der Waals surface area (Å²) in [6.45, 7) is 0.555. The summed E-state index contributed by atoms with van der Waals surface area (Å²) in [6, 6.07) is 17.4. The molecule has 1 aromatic heterocycles. The maximum absolute atomic E-state index is 13.2. The SMILES string of the molecule is CN(CC(=O)NC1CC1)C(=O)c1cn(Cc2ccccc2)nc1-c1ccc(Cl)cc1. The van der Waals surface area contributed by atoms with Gasteiger partial charge in [-0.05, 0) is 30.5 Å². The lowest BCUT2D eigenvalue weighted by Crippen LogP contribution is -2.39. The van der Waals surface area contributed by atoms with Gasteiger partial charge in [0.25, 0.3) is 5.91 Å². The van der Waals surface area contributed by atoms with Crippen molar-refractivity contribution in [3.05, 3.63) is 76.9 Å². The summed E-state index contributed by atoms with van der Waals surface area (Å²) in [4.78, 5) is 26.7. The third-order valence-corrected chi connectivity index (χ3v) is 5.22. The zero-order valence-electron chi connectivity index (χ0n) is 16.7. The summed E-state index contributed by atoms with van der Waals surface area (Å²) in [6.07, 6.45) is 3.77. The Labute approximate surface area is 180 Å². The number of carbonyl (C=O) groups excluding carboxylic acids is 2. The predicted molar refractivity (Wildman–Crippen MR) is 116 cm³/mol. The van der Waals surface area contributed by atoms with Crippen LogP contribution in [0.4, 0.5) is 0 Å². The van der Waals surface area contributed by atoms with Crippen LogP contribution < -0.4 is 5.32 Å². The van der Waals surface area contributed by atoms with Crippen LogP contribution in [0.1, 0.15) is 28.8 Å². The Morgan fingerprint density at radius 2 is 1.83 bits per heavy atom. The van der Waals surface area contributed by atoms with E-state index in [0.29, 0.717) is 22.8 Å². The monoisotopic (exact) mass is 422 g/mol. The lowest BCUT2D eigenvalue weighted by Gasteiger charge is -2.16. The van der Waals surface area contributed by atoms with E-state index in [0.717, 1.165) is 24.0 Å². The fourth-order valence-electron chi connectivity index (χ4n) is 3.24. The minimum atomic E-state index is -0.245. The minimum Gasteiger partial charge on any atom is -0.352 e. The topological polar surface area (TPSA) is 67.2 Å². The van der Waals surface area contributed by atoms with Crippen molar-refractivity contribution in [1.29, 1.82) is 0 Å². The van der Waals surface area contributed by atoms with Crippen molar-refractivity contribution in [2.45, 2.75) is 25.4 Å². The molecule has 1 saturated carbocycles. The van der Waals surface area contributed by atoms with Crippen LogP contribution in [0.25, 0.3) is 11.3 Å².